The Balaban J connectivity index is 3.45. The minimum atomic E-state index is -3.89. The number of benzene rings is 1. The molecule has 0 heterocycles. The molecule has 1 aromatic carbocycles. The lowest BCUT2D eigenvalue weighted by Gasteiger charge is -2.22. The predicted molar refractivity (Wildman–Crippen MR) is 79.6 cm³/mol. The topological polar surface area (TPSA) is 106 Å². The van der Waals surface area contributed by atoms with Crippen LogP contribution in [0.4, 0.5) is 5.69 Å². The minimum absolute atomic E-state index is 0.118. The molecule has 6 nitrogen and oxygen atoms in total. The Hall–Kier alpha value is -1.12. The molecule has 0 radical (unpaired) electrons. The van der Waals surface area contributed by atoms with Crippen molar-refractivity contribution in [3.63, 3.8) is 0 Å². The van der Waals surface area contributed by atoms with Gasteiger partial charge in [0.05, 0.1) is 15.3 Å². The van der Waals surface area contributed by atoms with E-state index in [0.717, 1.165) is 0 Å². The van der Waals surface area contributed by atoms with Gasteiger partial charge in [-0.15, -0.1) is 0 Å². The van der Waals surface area contributed by atoms with E-state index in [9.17, 15) is 16.8 Å². The average Bonchev–Trinajstić information content (AvgIpc) is 2.21. The monoisotopic (exact) mass is 320 g/mol. The van der Waals surface area contributed by atoms with Crippen LogP contribution in [0.1, 0.15) is 31.9 Å². The van der Waals surface area contributed by atoms with Crippen LogP contribution < -0.4 is 9.86 Å². The Morgan fingerprint density at radius 2 is 1.55 bits per heavy atom. The molecule has 0 aliphatic carbocycles. The fraction of sp³-hybridized carbons (Fsp3) is 0.500. The van der Waals surface area contributed by atoms with Crippen molar-refractivity contribution in [1.29, 1.82) is 0 Å². The second-order valence-corrected chi connectivity index (χ2v) is 9.67. The third kappa shape index (κ3) is 3.50. The van der Waals surface area contributed by atoms with Gasteiger partial charge in [-0.1, -0.05) is 0 Å². The molecule has 0 saturated heterocycles. The van der Waals surface area contributed by atoms with E-state index in [2.05, 4.69) is 4.72 Å². The van der Waals surface area contributed by atoms with Gasteiger partial charge in [0.1, 0.15) is 0 Å². The molecule has 114 valence electrons. The molecular formula is C12H20N2O4S2. The first-order valence-corrected chi connectivity index (χ1v) is 8.95. The maximum atomic E-state index is 12.2. The molecule has 0 bridgehead atoms. The molecular weight excluding hydrogens is 300 g/mol. The highest BCUT2D eigenvalue weighted by Gasteiger charge is 2.29. The Morgan fingerprint density at radius 3 is 1.95 bits per heavy atom. The minimum Gasteiger partial charge on any atom is -0.283 e. The van der Waals surface area contributed by atoms with E-state index in [1.165, 1.54) is 12.1 Å². The van der Waals surface area contributed by atoms with Gasteiger partial charge in [0.25, 0.3) is 0 Å². The maximum Gasteiger partial charge on any atom is 0.238 e. The third-order valence-corrected chi connectivity index (χ3v) is 6.01. The van der Waals surface area contributed by atoms with Crippen molar-refractivity contribution in [2.45, 2.75) is 44.3 Å². The Bertz CT molecular complexity index is 729. The normalized spacial score (nSPS) is 13.3. The van der Waals surface area contributed by atoms with E-state index >= 15 is 0 Å². The van der Waals surface area contributed by atoms with Gasteiger partial charge in [0, 0.05) is 0 Å². The van der Waals surface area contributed by atoms with Crippen LogP contribution in [0, 0.1) is 13.8 Å². The van der Waals surface area contributed by atoms with Gasteiger partial charge in [0.2, 0.25) is 20.0 Å². The van der Waals surface area contributed by atoms with E-state index in [1.807, 2.05) is 0 Å². The lowest BCUT2D eigenvalue weighted by Crippen LogP contribution is -2.34. The standard InChI is InChI=1S/C12H20N2O4S2/c1-8-6-10(19(13,15)16)7-11(9(8)2)14-20(17,18)12(3,4)5/h6-7,14H,1-5H3,(H2,13,15,16). The number of rotatable bonds is 3. The molecule has 0 atom stereocenters. The SMILES string of the molecule is Cc1cc(S(N)(=O)=O)cc(NS(=O)(=O)C(C)(C)C)c1C. The largest absolute Gasteiger partial charge is 0.283 e. The van der Waals surface area contributed by atoms with Gasteiger partial charge in [-0.3, -0.25) is 4.72 Å². The van der Waals surface area contributed by atoms with E-state index < -0.39 is 24.8 Å². The lowest BCUT2D eigenvalue weighted by molar-refractivity contribution is 0.566. The number of hydrogen-bond donors (Lipinski definition) is 2. The van der Waals surface area contributed by atoms with Crippen molar-refractivity contribution in [1.82, 2.24) is 0 Å². The predicted octanol–water partition coefficient (Wildman–Crippen LogP) is 1.49. The highest BCUT2D eigenvalue weighted by Crippen LogP contribution is 2.27. The maximum absolute atomic E-state index is 12.2. The van der Waals surface area contributed by atoms with Crippen LogP contribution in [-0.4, -0.2) is 21.6 Å². The highest BCUT2D eigenvalue weighted by atomic mass is 32.2. The van der Waals surface area contributed by atoms with Crippen LogP contribution in [0.15, 0.2) is 17.0 Å². The molecule has 3 N–H and O–H groups in total. The fourth-order valence-corrected chi connectivity index (χ4v) is 2.83. The van der Waals surface area contributed by atoms with Gasteiger partial charge >= 0.3 is 0 Å². The zero-order valence-electron chi connectivity index (χ0n) is 12.2. The second kappa shape index (κ2) is 5.01. The fourth-order valence-electron chi connectivity index (χ4n) is 1.39. The van der Waals surface area contributed by atoms with Crippen molar-refractivity contribution >= 4 is 25.7 Å². The zero-order chi connectivity index (χ0) is 15.9. The number of sulfonamides is 2. The van der Waals surface area contributed by atoms with E-state index in [4.69, 9.17) is 5.14 Å². The van der Waals surface area contributed by atoms with Crippen LogP contribution in [0.2, 0.25) is 0 Å². The summed E-state index contributed by atoms with van der Waals surface area (Å²) < 4.78 is 48.6. The molecule has 0 saturated carbocycles. The Kier molecular flexibility index (Phi) is 4.24. The molecule has 1 aromatic rings. The summed E-state index contributed by atoms with van der Waals surface area (Å²) in [6.45, 7) is 8.07. The number of anilines is 1. The molecule has 0 amide bonds. The molecule has 0 aromatic heterocycles. The van der Waals surface area contributed by atoms with Crippen molar-refractivity contribution in [3.05, 3.63) is 23.3 Å². The summed E-state index contributed by atoms with van der Waals surface area (Å²) in [5, 5.41) is 5.09. The molecule has 1 rings (SSSR count). The summed E-state index contributed by atoms with van der Waals surface area (Å²) >= 11 is 0. The summed E-state index contributed by atoms with van der Waals surface area (Å²) in [4.78, 5) is -0.118. The van der Waals surface area contributed by atoms with E-state index in [-0.39, 0.29) is 10.6 Å². The van der Waals surface area contributed by atoms with Gasteiger partial charge in [-0.25, -0.2) is 22.0 Å². The summed E-state index contributed by atoms with van der Waals surface area (Å²) in [6, 6.07) is 2.65. The summed E-state index contributed by atoms with van der Waals surface area (Å²) in [6.07, 6.45) is 0. The van der Waals surface area contributed by atoms with Crippen LogP contribution in [-0.2, 0) is 20.0 Å². The van der Waals surface area contributed by atoms with Crippen molar-refractivity contribution in [2.24, 2.45) is 5.14 Å². The molecule has 0 unspecified atom stereocenters. The number of aryl methyl sites for hydroxylation is 1. The summed E-state index contributed by atoms with van der Waals surface area (Å²) in [7, 11) is -7.53. The van der Waals surface area contributed by atoms with E-state index in [0.29, 0.717) is 11.1 Å². The molecule has 0 aliphatic rings. The first-order valence-electron chi connectivity index (χ1n) is 5.92. The van der Waals surface area contributed by atoms with Gasteiger partial charge < -0.3 is 0 Å². The Morgan fingerprint density at radius 1 is 1.05 bits per heavy atom. The van der Waals surface area contributed by atoms with Crippen molar-refractivity contribution in [2.75, 3.05) is 4.72 Å². The number of nitrogens with one attached hydrogen (secondary N) is 1. The van der Waals surface area contributed by atoms with Gasteiger partial charge in [-0.05, 0) is 57.9 Å². The van der Waals surface area contributed by atoms with Crippen molar-refractivity contribution < 1.29 is 16.8 Å². The first kappa shape index (κ1) is 16.9. The average molecular weight is 320 g/mol. The smallest absolute Gasteiger partial charge is 0.238 e. The summed E-state index contributed by atoms with van der Waals surface area (Å²) in [5.74, 6) is 0. The number of hydrogen-bond acceptors (Lipinski definition) is 4. The third-order valence-electron chi connectivity index (χ3n) is 3.02. The molecule has 0 aliphatic heterocycles. The summed E-state index contributed by atoms with van der Waals surface area (Å²) in [5.41, 5.74) is 1.53. The van der Waals surface area contributed by atoms with Crippen LogP contribution in [0.3, 0.4) is 0 Å². The molecule has 0 spiro atoms. The van der Waals surface area contributed by atoms with Crippen LogP contribution in [0.25, 0.3) is 0 Å². The lowest BCUT2D eigenvalue weighted by atomic mass is 10.1. The van der Waals surface area contributed by atoms with Crippen molar-refractivity contribution in [3.8, 4) is 0 Å². The number of nitrogens with two attached hydrogens (primary N) is 1. The van der Waals surface area contributed by atoms with E-state index in [1.54, 1.807) is 34.6 Å². The molecule has 0 fully saturated rings. The second-order valence-electron chi connectivity index (χ2n) is 5.68. The van der Waals surface area contributed by atoms with Gasteiger partial charge in [0.15, 0.2) is 0 Å². The van der Waals surface area contributed by atoms with Crippen LogP contribution >= 0.6 is 0 Å². The quantitative estimate of drug-likeness (QED) is 0.880. The zero-order valence-corrected chi connectivity index (χ0v) is 13.8. The molecule has 20 heavy (non-hydrogen) atoms. The highest BCUT2D eigenvalue weighted by molar-refractivity contribution is 7.94. The Labute approximate surface area is 120 Å². The van der Waals surface area contributed by atoms with Gasteiger partial charge in [-0.2, -0.15) is 0 Å². The first-order chi connectivity index (χ1) is 8.75. The van der Waals surface area contributed by atoms with Crippen LogP contribution in [0.5, 0.6) is 0 Å². The number of primary sulfonamides is 1. The molecule has 8 heteroatoms.